The molecule has 12 rings (SSSR count). The number of nitrogens with zero attached hydrogens (tertiary/aromatic N) is 5. The molecule has 0 aliphatic rings. The van der Waals surface area contributed by atoms with E-state index in [0.29, 0.717) is 17.5 Å². The van der Waals surface area contributed by atoms with Gasteiger partial charge in [-0.2, -0.15) is 0 Å². The molecule has 280 valence electrons. The van der Waals surface area contributed by atoms with Crippen molar-refractivity contribution in [2.45, 2.75) is 0 Å². The summed E-state index contributed by atoms with van der Waals surface area (Å²) in [4.78, 5) is 20.4. The number of hydrogen-bond donors (Lipinski definition) is 0. The Balaban J connectivity index is 0.943. The minimum Gasteiger partial charge on any atom is -0.454 e. The second-order valence-electron chi connectivity index (χ2n) is 15.0. The lowest BCUT2D eigenvalue weighted by Gasteiger charge is -2.11. The van der Waals surface area contributed by atoms with Crippen molar-refractivity contribution in [2.24, 2.45) is 0 Å². The van der Waals surface area contributed by atoms with Crippen LogP contribution >= 0.6 is 0 Å². The highest BCUT2D eigenvalue weighted by molar-refractivity contribution is 6.16. The maximum atomic E-state index is 6.32. The molecule has 0 saturated carbocycles. The Morgan fingerprint density at radius 1 is 0.333 bits per heavy atom. The summed E-state index contributed by atoms with van der Waals surface area (Å²) in [5.74, 6) is 1.82. The molecule has 4 heterocycles. The molecule has 0 aliphatic carbocycles. The Kier molecular flexibility index (Phi) is 7.74. The molecule has 6 heteroatoms. The van der Waals surface area contributed by atoms with Gasteiger partial charge in [0.1, 0.15) is 11.1 Å². The van der Waals surface area contributed by atoms with Crippen LogP contribution in [-0.2, 0) is 0 Å². The van der Waals surface area contributed by atoms with Gasteiger partial charge in [0.15, 0.2) is 23.1 Å². The van der Waals surface area contributed by atoms with Gasteiger partial charge in [0, 0.05) is 54.9 Å². The molecule has 0 unspecified atom stereocenters. The summed E-state index contributed by atoms with van der Waals surface area (Å²) in [7, 11) is 0. The Hall–Kier alpha value is -8.22. The molecule has 8 aromatic carbocycles. The lowest BCUT2D eigenvalue weighted by Crippen LogP contribution is -2.00. The molecule has 0 spiro atoms. The van der Waals surface area contributed by atoms with Gasteiger partial charge in [-0.05, 0) is 65.7 Å². The topological polar surface area (TPSA) is 69.6 Å². The van der Waals surface area contributed by atoms with Gasteiger partial charge in [-0.15, -0.1) is 0 Å². The smallest absolute Gasteiger partial charge is 0.164 e. The van der Waals surface area contributed by atoms with Crippen LogP contribution in [-0.4, -0.2) is 24.5 Å². The molecule has 0 radical (unpaired) electrons. The van der Waals surface area contributed by atoms with Gasteiger partial charge in [0.25, 0.3) is 0 Å². The molecule has 4 aromatic heterocycles. The predicted octanol–water partition coefficient (Wildman–Crippen LogP) is 13.8. The van der Waals surface area contributed by atoms with Crippen LogP contribution in [0.5, 0.6) is 0 Å². The van der Waals surface area contributed by atoms with E-state index in [-0.39, 0.29) is 0 Å². The highest BCUT2D eigenvalue weighted by Gasteiger charge is 2.18. The van der Waals surface area contributed by atoms with Gasteiger partial charge in [-0.1, -0.05) is 146 Å². The van der Waals surface area contributed by atoms with Crippen molar-refractivity contribution in [1.82, 2.24) is 24.5 Å². The standard InChI is InChI=1S/C54H33N5O/c1-3-13-34(14-4-1)39-29-32-47-45(33-39)41-17-9-11-21-46(41)59(47)40-30-27-38(28-31-40)54-57-52(36-15-5-2-6-16-36)56-53(58-54)37-25-23-35(24-26-37)49-42-18-7-8-19-43(42)51-50(55-49)44-20-10-12-22-48(44)60-51/h1-33H. The lowest BCUT2D eigenvalue weighted by atomic mass is 10.0. The van der Waals surface area contributed by atoms with E-state index < -0.39 is 0 Å². The summed E-state index contributed by atoms with van der Waals surface area (Å²) in [6, 6.07) is 69.3. The number of para-hydroxylation sites is 2. The predicted molar refractivity (Wildman–Crippen MR) is 244 cm³/mol. The molecule has 12 aromatic rings. The maximum absolute atomic E-state index is 6.32. The second kappa shape index (κ2) is 13.7. The first-order valence-electron chi connectivity index (χ1n) is 20.1. The largest absolute Gasteiger partial charge is 0.454 e. The van der Waals surface area contributed by atoms with E-state index in [1.54, 1.807) is 0 Å². The summed E-state index contributed by atoms with van der Waals surface area (Å²) in [6.07, 6.45) is 0. The Morgan fingerprint density at radius 2 is 0.833 bits per heavy atom. The molecule has 0 bridgehead atoms. The third kappa shape index (κ3) is 5.57. The lowest BCUT2D eigenvalue weighted by molar-refractivity contribution is 0.672. The molecule has 0 amide bonds. The van der Waals surface area contributed by atoms with Gasteiger partial charge in [0.2, 0.25) is 0 Å². The van der Waals surface area contributed by atoms with E-state index in [0.717, 1.165) is 77.5 Å². The summed E-state index contributed by atoms with van der Waals surface area (Å²) in [6.45, 7) is 0. The highest BCUT2D eigenvalue weighted by atomic mass is 16.3. The zero-order chi connectivity index (χ0) is 39.6. The van der Waals surface area contributed by atoms with Crippen LogP contribution in [0.2, 0.25) is 0 Å². The number of benzene rings is 8. The van der Waals surface area contributed by atoms with Crippen molar-refractivity contribution in [3.05, 3.63) is 200 Å². The number of pyridine rings is 1. The zero-order valence-corrected chi connectivity index (χ0v) is 32.2. The van der Waals surface area contributed by atoms with Crippen LogP contribution in [0.4, 0.5) is 0 Å². The van der Waals surface area contributed by atoms with Crippen LogP contribution in [0.3, 0.4) is 0 Å². The Bertz CT molecular complexity index is 3570. The summed E-state index contributed by atoms with van der Waals surface area (Å²) in [5, 5.41) is 5.51. The minimum absolute atomic E-state index is 0.597. The fourth-order valence-corrected chi connectivity index (χ4v) is 8.55. The molecule has 0 fully saturated rings. The first-order valence-corrected chi connectivity index (χ1v) is 20.1. The third-order valence-electron chi connectivity index (χ3n) is 11.5. The molecule has 0 atom stereocenters. The first kappa shape index (κ1) is 33.9. The monoisotopic (exact) mass is 767 g/mol. The van der Waals surface area contributed by atoms with E-state index in [2.05, 4.69) is 144 Å². The molecule has 0 N–H and O–H groups in total. The van der Waals surface area contributed by atoms with Crippen LogP contribution in [0, 0.1) is 0 Å². The van der Waals surface area contributed by atoms with Crippen molar-refractivity contribution in [3.8, 4) is 62.2 Å². The number of rotatable bonds is 6. The van der Waals surface area contributed by atoms with Crippen molar-refractivity contribution in [2.75, 3.05) is 0 Å². The molecule has 6 nitrogen and oxygen atoms in total. The van der Waals surface area contributed by atoms with E-state index in [1.807, 2.05) is 60.7 Å². The fourth-order valence-electron chi connectivity index (χ4n) is 8.55. The van der Waals surface area contributed by atoms with E-state index >= 15 is 0 Å². The number of fused-ring (bicyclic) bond motifs is 8. The van der Waals surface area contributed by atoms with Crippen LogP contribution in [0.25, 0.3) is 117 Å². The Morgan fingerprint density at radius 3 is 1.53 bits per heavy atom. The molecule has 0 aliphatic heterocycles. The maximum Gasteiger partial charge on any atom is 0.164 e. The fraction of sp³-hybridized carbons (Fsp3) is 0. The second-order valence-corrected chi connectivity index (χ2v) is 15.0. The Labute approximate surface area is 344 Å². The van der Waals surface area contributed by atoms with Crippen molar-refractivity contribution >= 4 is 54.6 Å². The molecule has 0 saturated heterocycles. The average Bonchev–Trinajstić information content (AvgIpc) is 3.87. The molecular formula is C54H33N5O. The number of hydrogen-bond acceptors (Lipinski definition) is 5. The average molecular weight is 768 g/mol. The zero-order valence-electron chi connectivity index (χ0n) is 32.2. The van der Waals surface area contributed by atoms with Gasteiger partial charge in [-0.25, -0.2) is 19.9 Å². The summed E-state index contributed by atoms with van der Waals surface area (Å²) in [5.41, 5.74) is 12.9. The number of furan rings is 1. The summed E-state index contributed by atoms with van der Waals surface area (Å²) < 4.78 is 8.66. The van der Waals surface area contributed by atoms with Crippen molar-refractivity contribution in [1.29, 1.82) is 0 Å². The molecular weight excluding hydrogens is 735 g/mol. The van der Waals surface area contributed by atoms with Crippen LogP contribution in [0.15, 0.2) is 205 Å². The van der Waals surface area contributed by atoms with Gasteiger partial charge in [-0.3, -0.25) is 0 Å². The minimum atomic E-state index is 0.597. The van der Waals surface area contributed by atoms with E-state index in [4.69, 9.17) is 24.4 Å². The van der Waals surface area contributed by atoms with Crippen molar-refractivity contribution in [3.63, 3.8) is 0 Å². The SMILES string of the molecule is c1ccc(-c2ccc3c(c2)c2ccccc2n3-c2ccc(-c3nc(-c4ccccc4)nc(-c4ccc(-c5nc6c7ccccc7oc6c6ccccc56)cc4)n3)cc2)cc1. The van der Waals surface area contributed by atoms with E-state index in [9.17, 15) is 0 Å². The third-order valence-corrected chi connectivity index (χ3v) is 11.5. The summed E-state index contributed by atoms with van der Waals surface area (Å²) >= 11 is 0. The quantitative estimate of drug-likeness (QED) is 0.168. The molecule has 60 heavy (non-hydrogen) atoms. The van der Waals surface area contributed by atoms with Gasteiger partial charge >= 0.3 is 0 Å². The van der Waals surface area contributed by atoms with E-state index in [1.165, 1.54) is 21.9 Å². The van der Waals surface area contributed by atoms with Crippen molar-refractivity contribution < 1.29 is 4.42 Å². The normalized spacial score (nSPS) is 11.7. The highest BCUT2D eigenvalue weighted by Crippen LogP contribution is 2.39. The first-order chi connectivity index (χ1) is 29.7. The van der Waals surface area contributed by atoms with Crippen LogP contribution < -0.4 is 0 Å². The van der Waals surface area contributed by atoms with Crippen LogP contribution in [0.1, 0.15) is 0 Å². The number of aromatic nitrogens is 5. The van der Waals surface area contributed by atoms with Gasteiger partial charge in [0.05, 0.1) is 16.7 Å². The van der Waals surface area contributed by atoms with Gasteiger partial charge < -0.3 is 8.98 Å².